The van der Waals surface area contributed by atoms with Gasteiger partial charge in [-0.1, -0.05) is 12.1 Å². The highest BCUT2D eigenvalue weighted by Crippen LogP contribution is 2.14. The summed E-state index contributed by atoms with van der Waals surface area (Å²) < 4.78 is 5.25. The monoisotopic (exact) mass is 266 g/mol. The smallest absolute Gasteiger partial charge is 0.240 e. The van der Waals surface area contributed by atoms with Gasteiger partial charge in [-0.05, 0) is 26.3 Å². The highest BCUT2D eigenvalue weighted by Gasteiger charge is 2.21. The quantitative estimate of drug-likeness (QED) is 0.864. The van der Waals surface area contributed by atoms with Crippen LogP contribution in [-0.4, -0.2) is 40.6 Å². The summed E-state index contributed by atoms with van der Waals surface area (Å²) in [6.07, 6.45) is 4.33. The van der Waals surface area contributed by atoms with Crippen molar-refractivity contribution in [3.8, 4) is 0 Å². The number of carbonyl (C=O) groups excluding carboxylic acids is 1. The summed E-state index contributed by atoms with van der Waals surface area (Å²) in [6.45, 7) is 3.49. The van der Waals surface area contributed by atoms with Crippen molar-refractivity contribution < 1.29 is 9.32 Å². The van der Waals surface area contributed by atoms with Crippen LogP contribution in [0, 0.1) is 0 Å². The van der Waals surface area contributed by atoms with Crippen LogP contribution in [0.1, 0.15) is 44.3 Å². The van der Waals surface area contributed by atoms with Crippen molar-refractivity contribution in [1.29, 1.82) is 0 Å². The topological polar surface area (TPSA) is 71.3 Å². The van der Waals surface area contributed by atoms with E-state index in [1.165, 1.54) is 0 Å². The molecule has 1 aromatic heterocycles. The minimum Gasteiger partial charge on any atom is -0.356 e. The molecule has 1 atom stereocenters. The molecule has 0 bridgehead atoms. The van der Waals surface area contributed by atoms with Crippen LogP contribution in [-0.2, 0) is 17.8 Å². The molecule has 1 amide bonds. The fraction of sp³-hybridized carbons (Fsp3) is 0.769. The van der Waals surface area contributed by atoms with Crippen LogP contribution < -0.4 is 5.32 Å². The minimum atomic E-state index is 0.152. The molecule has 6 nitrogen and oxygen atoms in total. The fourth-order valence-corrected chi connectivity index (χ4v) is 2.37. The SMILES string of the molecule is CCCc1noc(CN(C)[C@H]2CCNC(=O)CC2)n1. The maximum atomic E-state index is 11.3. The second kappa shape index (κ2) is 6.65. The molecular formula is C13H22N4O2. The summed E-state index contributed by atoms with van der Waals surface area (Å²) in [5.41, 5.74) is 0. The van der Waals surface area contributed by atoms with Crippen molar-refractivity contribution >= 4 is 5.91 Å². The number of hydrogen-bond donors (Lipinski definition) is 1. The normalized spacial score (nSPS) is 20.4. The molecule has 2 rings (SSSR count). The molecule has 1 aliphatic heterocycles. The molecule has 0 aromatic carbocycles. The average Bonchev–Trinajstić information content (AvgIpc) is 2.69. The van der Waals surface area contributed by atoms with Crippen LogP contribution in [0.25, 0.3) is 0 Å². The lowest BCUT2D eigenvalue weighted by molar-refractivity contribution is -0.120. The first kappa shape index (κ1) is 14.0. The van der Waals surface area contributed by atoms with Gasteiger partial charge in [0, 0.05) is 25.4 Å². The summed E-state index contributed by atoms with van der Waals surface area (Å²) in [7, 11) is 2.05. The number of aromatic nitrogens is 2. The lowest BCUT2D eigenvalue weighted by Gasteiger charge is -2.24. The Labute approximate surface area is 113 Å². The van der Waals surface area contributed by atoms with E-state index in [-0.39, 0.29) is 5.91 Å². The molecule has 1 aromatic rings. The molecule has 0 radical (unpaired) electrons. The number of aryl methyl sites for hydroxylation is 1. The first-order chi connectivity index (χ1) is 9.19. The fourth-order valence-electron chi connectivity index (χ4n) is 2.37. The van der Waals surface area contributed by atoms with Gasteiger partial charge in [-0.3, -0.25) is 9.69 Å². The number of amides is 1. The molecule has 1 N–H and O–H groups in total. The van der Waals surface area contributed by atoms with Crippen molar-refractivity contribution in [2.45, 2.75) is 51.6 Å². The van der Waals surface area contributed by atoms with Gasteiger partial charge in [0.2, 0.25) is 11.8 Å². The van der Waals surface area contributed by atoms with Crippen LogP contribution in [0.5, 0.6) is 0 Å². The van der Waals surface area contributed by atoms with E-state index < -0.39 is 0 Å². The van der Waals surface area contributed by atoms with Gasteiger partial charge in [0.1, 0.15) is 0 Å². The minimum absolute atomic E-state index is 0.152. The molecule has 1 saturated heterocycles. The van der Waals surface area contributed by atoms with Gasteiger partial charge in [0.15, 0.2) is 5.82 Å². The molecular weight excluding hydrogens is 244 g/mol. The second-order valence-corrected chi connectivity index (χ2v) is 5.10. The predicted molar refractivity (Wildman–Crippen MR) is 70.4 cm³/mol. The Kier molecular flexibility index (Phi) is 4.90. The molecule has 6 heteroatoms. The van der Waals surface area contributed by atoms with Gasteiger partial charge >= 0.3 is 0 Å². The first-order valence-electron chi connectivity index (χ1n) is 6.97. The number of nitrogens with one attached hydrogen (secondary N) is 1. The van der Waals surface area contributed by atoms with E-state index in [9.17, 15) is 4.79 Å². The van der Waals surface area contributed by atoms with E-state index in [4.69, 9.17) is 4.52 Å². The molecule has 106 valence electrons. The molecule has 0 spiro atoms. The summed E-state index contributed by atoms with van der Waals surface area (Å²) in [6, 6.07) is 0.389. The van der Waals surface area contributed by atoms with Crippen molar-refractivity contribution in [3.63, 3.8) is 0 Å². The van der Waals surface area contributed by atoms with Crippen LogP contribution in [0.15, 0.2) is 4.52 Å². The maximum absolute atomic E-state index is 11.3. The lowest BCUT2D eigenvalue weighted by atomic mass is 10.1. The van der Waals surface area contributed by atoms with E-state index in [1.54, 1.807) is 0 Å². The maximum Gasteiger partial charge on any atom is 0.240 e. The van der Waals surface area contributed by atoms with Crippen molar-refractivity contribution in [2.24, 2.45) is 0 Å². The van der Waals surface area contributed by atoms with Gasteiger partial charge in [-0.2, -0.15) is 4.98 Å². The van der Waals surface area contributed by atoms with E-state index in [0.717, 1.165) is 38.1 Å². The summed E-state index contributed by atoms with van der Waals surface area (Å²) >= 11 is 0. The molecule has 2 heterocycles. The highest BCUT2D eigenvalue weighted by atomic mass is 16.5. The van der Waals surface area contributed by atoms with Crippen LogP contribution in [0.3, 0.4) is 0 Å². The van der Waals surface area contributed by atoms with Gasteiger partial charge in [0.05, 0.1) is 6.54 Å². The lowest BCUT2D eigenvalue weighted by Crippen LogP contribution is -2.32. The largest absolute Gasteiger partial charge is 0.356 e. The molecule has 0 aliphatic carbocycles. The average molecular weight is 266 g/mol. The summed E-state index contributed by atoms with van der Waals surface area (Å²) in [5.74, 6) is 1.59. The molecule has 0 saturated carbocycles. The third-order valence-electron chi connectivity index (χ3n) is 3.50. The third-order valence-corrected chi connectivity index (χ3v) is 3.50. The summed E-state index contributed by atoms with van der Waals surface area (Å²) in [5, 5.41) is 6.85. The first-order valence-corrected chi connectivity index (χ1v) is 6.97. The van der Waals surface area contributed by atoms with Gasteiger partial charge < -0.3 is 9.84 Å². The summed E-state index contributed by atoms with van der Waals surface area (Å²) in [4.78, 5) is 17.9. The Balaban J connectivity index is 1.88. The van der Waals surface area contributed by atoms with E-state index in [2.05, 4.69) is 27.3 Å². The van der Waals surface area contributed by atoms with Gasteiger partial charge in [0.25, 0.3) is 0 Å². The Morgan fingerprint density at radius 1 is 1.47 bits per heavy atom. The van der Waals surface area contributed by atoms with E-state index >= 15 is 0 Å². The van der Waals surface area contributed by atoms with E-state index in [0.29, 0.717) is 24.9 Å². The third kappa shape index (κ3) is 4.02. The predicted octanol–water partition coefficient (Wildman–Crippen LogP) is 1.12. The number of nitrogens with zero attached hydrogens (tertiary/aromatic N) is 3. The molecule has 19 heavy (non-hydrogen) atoms. The molecule has 1 fully saturated rings. The van der Waals surface area contributed by atoms with Crippen LogP contribution >= 0.6 is 0 Å². The number of hydrogen-bond acceptors (Lipinski definition) is 5. The second-order valence-electron chi connectivity index (χ2n) is 5.10. The number of rotatable bonds is 5. The highest BCUT2D eigenvalue weighted by molar-refractivity contribution is 5.76. The van der Waals surface area contributed by atoms with Gasteiger partial charge in [-0.15, -0.1) is 0 Å². The Morgan fingerprint density at radius 3 is 3.11 bits per heavy atom. The Hall–Kier alpha value is -1.43. The zero-order valence-electron chi connectivity index (χ0n) is 11.7. The van der Waals surface area contributed by atoms with Crippen LogP contribution in [0.2, 0.25) is 0 Å². The zero-order valence-corrected chi connectivity index (χ0v) is 11.7. The van der Waals surface area contributed by atoms with Crippen molar-refractivity contribution in [2.75, 3.05) is 13.6 Å². The van der Waals surface area contributed by atoms with Crippen LogP contribution in [0.4, 0.5) is 0 Å². The van der Waals surface area contributed by atoms with Gasteiger partial charge in [-0.25, -0.2) is 0 Å². The zero-order chi connectivity index (χ0) is 13.7. The van der Waals surface area contributed by atoms with Crippen molar-refractivity contribution in [1.82, 2.24) is 20.4 Å². The molecule has 0 unspecified atom stereocenters. The van der Waals surface area contributed by atoms with E-state index in [1.807, 2.05) is 7.05 Å². The Bertz CT molecular complexity index is 419. The van der Waals surface area contributed by atoms with Crippen molar-refractivity contribution in [3.05, 3.63) is 11.7 Å². The molecule has 1 aliphatic rings. The number of carbonyl (C=O) groups is 1. The Morgan fingerprint density at radius 2 is 2.32 bits per heavy atom. The standard InChI is InChI=1S/C13H22N4O2/c1-3-4-11-15-13(19-16-11)9-17(2)10-5-6-12(18)14-8-7-10/h10H,3-9H2,1-2H3,(H,14,18)/t10-/m1/s1.